The van der Waals surface area contributed by atoms with Gasteiger partial charge in [0.1, 0.15) is 5.52 Å². The van der Waals surface area contributed by atoms with E-state index in [0.29, 0.717) is 48.1 Å². The van der Waals surface area contributed by atoms with Crippen LogP contribution in [0.1, 0.15) is 57.4 Å². The van der Waals surface area contributed by atoms with Crippen LogP contribution in [0.2, 0.25) is 0 Å². The number of hydrogen-bond donors (Lipinski definition) is 0. The highest BCUT2D eigenvalue weighted by Crippen LogP contribution is 2.33. The van der Waals surface area contributed by atoms with Gasteiger partial charge in [-0.3, -0.25) is 13.9 Å². The van der Waals surface area contributed by atoms with E-state index in [9.17, 15) is 9.59 Å². The van der Waals surface area contributed by atoms with Crippen LogP contribution in [0.3, 0.4) is 0 Å². The Labute approximate surface area is 194 Å². The maximum Gasteiger partial charge on any atom is 0.330 e. The predicted molar refractivity (Wildman–Crippen MR) is 129 cm³/mol. The third kappa shape index (κ3) is 4.33. The number of likely N-dealkylation sites (tertiary alicyclic amines) is 1. The van der Waals surface area contributed by atoms with Gasteiger partial charge in [0.2, 0.25) is 5.91 Å². The number of piperidine rings is 1. The van der Waals surface area contributed by atoms with Gasteiger partial charge in [0, 0.05) is 38.7 Å². The molecule has 1 aliphatic carbocycles. The highest BCUT2D eigenvalue weighted by molar-refractivity contribution is 5.77. The summed E-state index contributed by atoms with van der Waals surface area (Å²) in [7, 11) is 1.78. The maximum absolute atomic E-state index is 13.1. The zero-order valence-corrected chi connectivity index (χ0v) is 19.8. The Kier molecular flexibility index (Phi) is 5.81. The number of carbonyl (C=O) groups excluding carboxylic acids is 1. The fourth-order valence-corrected chi connectivity index (χ4v) is 5.00. The van der Waals surface area contributed by atoms with E-state index in [1.54, 1.807) is 17.8 Å². The summed E-state index contributed by atoms with van der Waals surface area (Å²) >= 11 is 0. The van der Waals surface area contributed by atoms with E-state index in [-0.39, 0.29) is 5.69 Å². The van der Waals surface area contributed by atoms with Crippen molar-refractivity contribution < 1.29 is 4.79 Å². The number of aryl methyl sites for hydroxylation is 1. The Morgan fingerprint density at radius 2 is 1.82 bits per heavy atom. The number of benzene rings is 1. The van der Waals surface area contributed by atoms with Crippen molar-refractivity contribution in [3.8, 4) is 11.4 Å². The molecule has 0 radical (unpaired) electrons. The van der Waals surface area contributed by atoms with Gasteiger partial charge in [0.05, 0.1) is 6.20 Å². The summed E-state index contributed by atoms with van der Waals surface area (Å²) in [6.45, 7) is 6.54. The molecule has 0 unspecified atom stereocenters. The van der Waals surface area contributed by atoms with Crippen LogP contribution in [0.25, 0.3) is 22.6 Å². The van der Waals surface area contributed by atoms with Gasteiger partial charge in [-0.15, -0.1) is 0 Å². The minimum absolute atomic E-state index is 0.0548. The third-order valence-corrected chi connectivity index (χ3v) is 7.28. The maximum atomic E-state index is 13.1. The monoisotopic (exact) mass is 447 g/mol. The predicted octanol–water partition coefficient (Wildman–Crippen LogP) is 3.96. The minimum atomic E-state index is -0.0548. The number of fused-ring (bicyclic) bond motifs is 1. The first-order chi connectivity index (χ1) is 15.9. The Balaban J connectivity index is 1.39. The quantitative estimate of drug-likeness (QED) is 0.573. The summed E-state index contributed by atoms with van der Waals surface area (Å²) in [5.74, 6) is 2.30. The Morgan fingerprint density at radius 1 is 1.09 bits per heavy atom. The van der Waals surface area contributed by atoms with E-state index in [1.165, 1.54) is 18.4 Å². The molecule has 2 aromatic heterocycles. The molecule has 1 saturated carbocycles. The molecule has 0 atom stereocenters. The second-order valence-corrected chi connectivity index (χ2v) is 10.1. The molecule has 33 heavy (non-hydrogen) atoms. The normalized spacial score (nSPS) is 17.3. The van der Waals surface area contributed by atoms with Gasteiger partial charge in [0.25, 0.3) is 0 Å². The fraction of sp³-hybridized carbons (Fsp3) is 0.538. The van der Waals surface area contributed by atoms with Crippen molar-refractivity contribution in [2.75, 3.05) is 13.1 Å². The van der Waals surface area contributed by atoms with Gasteiger partial charge >= 0.3 is 5.69 Å². The molecule has 1 amide bonds. The summed E-state index contributed by atoms with van der Waals surface area (Å²) < 4.78 is 3.45. The lowest BCUT2D eigenvalue weighted by Crippen LogP contribution is -2.40. The summed E-state index contributed by atoms with van der Waals surface area (Å²) in [6.07, 6.45) is 6.74. The molecule has 5 rings (SSSR count). The molecule has 2 aliphatic rings. The van der Waals surface area contributed by atoms with Crippen LogP contribution in [0.15, 0.2) is 35.3 Å². The van der Waals surface area contributed by atoms with Crippen molar-refractivity contribution in [1.29, 1.82) is 0 Å². The SMILES string of the molecule is CC(C)c1ccccc1-c1ncc2c(n1)n(CC1CCN(C(=O)CC3CC3)CC1)c(=O)n2C. The number of carbonyl (C=O) groups is 1. The largest absolute Gasteiger partial charge is 0.343 e. The Hall–Kier alpha value is -2.96. The molecule has 1 aliphatic heterocycles. The molecule has 2 fully saturated rings. The van der Waals surface area contributed by atoms with E-state index in [4.69, 9.17) is 4.98 Å². The first-order valence-corrected chi connectivity index (χ1v) is 12.2. The number of amides is 1. The second-order valence-electron chi connectivity index (χ2n) is 10.1. The molecule has 174 valence electrons. The highest BCUT2D eigenvalue weighted by atomic mass is 16.2. The van der Waals surface area contributed by atoms with Crippen LogP contribution < -0.4 is 5.69 Å². The van der Waals surface area contributed by atoms with Gasteiger partial charge in [-0.1, -0.05) is 38.1 Å². The van der Waals surface area contributed by atoms with Crippen LogP contribution >= 0.6 is 0 Å². The Morgan fingerprint density at radius 3 is 2.52 bits per heavy atom. The molecule has 7 heteroatoms. The molecule has 0 N–H and O–H groups in total. The summed E-state index contributed by atoms with van der Waals surface area (Å²) in [4.78, 5) is 37.0. The molecule has 1 aromatic carbocycles. The number of nitrogens with zero attached hydrogens (tertiary/aromatic N) is 5. The number of rotatable bonds is 6. The van der Waals surface area contributed by atoms with E-state index < -0.39 is 0 Å². The highest BCUT2D eigenvalue weighted by Gasteiger charge is 2.29. The Bertz CT molecular complexity index is 1230. The first-order valence-electron chi connectivity index (χ1n) is 12.2. The van der Waals surface area contributed by atoms with Crippen molar-refractivity contribution in [3.05, 3.63) is 46.5 Å². The van der Waals surface area contributed by atoms with Crippen molar-refractivity contribution in [3.63, 3.8) is 0 Å². The lowest BCUT2D eigenvalue weighted by molar-refractivity contribution is -0.133. The molecule has 7 nitrogen and oxygen atoms in total. The molecule has 0 bridgehead atoms. The smallest absolute Gasteiger partial charge is 0.330 e. The molecule has 1 saturated heterocycles. The zero-order valence-electron chi connectivity index (χ0n) is 19.8. The van der Waals surface area contributed by atoms with Gasteiger partial charge in [0.15, 0.2) is 11.5 Å². The topological polar surface area (TPSA) is 73.0 Å². The third-order valence-electron chi connectivity index (χ3n) is 7.28. The summed E-state index contributed by atoms with van der Waals surface area (Å²) in [5, 5.41) is 0. The molecule has 0 spiro atoms. The zero-order chi connectivity index (χ0) is 23.1. The van der Waals surface area contributed by atoms with Crippen molar-refractivity contribution >= 4 is 17.1 Å². The number of imidazole rings is 1. The van der Waals surface area contributed by atoms with E-state index >= 15 is 0 Å². The van der Waals surface area contributed by atoms with Gasteiger partial charge < -0.3 is 4.90 Å². The molecule has 3 aromatic rings. The van der Waals surface area contributed by atoms with E-state index in [2.05, 4.69) is 31.0 Å². The number of hydrogen-bond acceptors (Lipinski definition) is 4. The van der Waals surface area contributed by atoms with Crippen LogP contribution in [-0.2, 0) is 18.4 Å². The van der Waals surface area contributed by atoms with Crippen molar-refractivity contribution in [2.45, 2.75) is 58.4 Å². The first kappa shape index (κ1) is 21.9. The van der Waals surface area contributed by atoms with Crippen LogP contribution in [0.5, 0.6) is 0 Å². The average molecular weight is 448 g/mol. The molecular weight excluding hydrogens is 414 g/mol. The van der Waals surface area contributed by atoms with Crippen molar-refractivity contribution in [1.82, 2.24) is 24.0 Å². The van der Waals surface area contributed by atoms with E-state index in [0.717, 1.165) is 37.0 Å². The van der Waals surface area contributed by atoms with Gasteiger partial charge in [-0.25, -0.2) is 14.8 Å². The molecular formula is C26H33N5O2. The molecule has 3 heterocycles. The summed E-state index contributed by atoms with van der Waals surface area (Å²) in [5.41, 5.74) is 3.60. The standard InChI is InChI=1S/C26H33N5O2/c1-17(2)20-6-4-5-7-21(20)24-27-15-22-25(28-24)31(26(33)29(22)3)16-19-10-12-30(13-11-19)23(32)14-18-8-9-18/h4-7,15,17-19H,8-14,16H2,1-3H3. The lowest BCUT2D eigenvalue weighted by atomic mass is 9.96. The second kappa shape index (κ2) is 8.76. The lowest BCUT2D eigenvalue weighted by Gasteiger charge is -2.32. The van der Waals surface area contributed by atoms with Gasteiger partial charge in [-0.05, 0) is 49.0 Å². The van der Waals surface area contributed by atoms with Crippen molar-refractivity contribution in [2.24, 2.45) is 18.9 Å². The van der Waals surface area contributed by atoms with Crippen LogP contribution in [0.4, 0.5) is 0 Å². The van der Waals surface area contributed by atoms with Crippen LogP contribution in [0, 0.1) is 11.8 Å². The summed E-state index contributed by atoms with van der Waals surface area (Å²) in [6, 6.07) is 8.21. The van der Waals surface area contributed by atoms with Gasteiger partial charge in [-0.2, -0.15) is 0 Å². The number of aromatic nitrogens is 4. The van der Waals surface area contributed by atoms with Crippen LogP contribution in [-0.4, -0.2) is 43.0 Å². The average Bonchev–Trinajstić information content (AvgIpc) is 3.62. The van der Waals surface area contributed by atoms with E-state index in [1.807, 2.05) is 21.6 Å². The fourth-order valence-electron chi connectivity index (χ4n) is 5.00. The minimum Gasteiger partial charge on any atom is -0.343 e.